The van der Waals surface area contributed by atoms with Gasteiger partial charge < -0.3 is 4.55 Å². The predicted octanol–water partition coefficient (Wildman–Crippen LogP) is -1.86. The number of thiol groups is 1. The Labute approximate surface area is 39.0 Å². The zero-order valence-corrected chi connectivity index (χ0v) is 4.37. The smallest absolute Gasteiger partial charge is 0.322 e. The van der Waals surface area contributed by atoms with Crippen LogP contribution < -0.4 is 5.14 Å². The zero-order valence-electron chi connectivity index (χ0n) is 2.66. The third-order valence-electron chi connectivity index (χ3n) is 0.147. The first kappa shape index (κ1) is 6.22. The quantitative estimate of drug-likeness (QED) is 0.247. The van der Waals surface area contributed by atoms with Crippen LogP contribution in [-0.2, 0) is 20.1 Å². The molecule has 0 aliphatic rings. The SMILES string of the molecule is N[S+]([O-])[SH](=O)=O. The highest BCUT2D eigenvalue weighted by molar-refractivity contribution is 8.58. The fourth-order valence-electron chi connectivity index (χ4n) is 0. The third-order valence-corrected chi connectivity index (χ3v) is 1.32. The van der Waals surface area contributed by atoms with Gasteiger partial charge in [-0.1, -0.05) is 0 Å². The van der Waals surface area contributed by atoms with Crippen LogP contribution >= 0.6 is 0 Å². The standard InChI is InChI=1S/H3NO3S2/c1-5(2)6(3)4/h6H,1H2. The van der Waals surface area contributed by atoms with Crippen molar-refractivity contribution in [3.63, 3.8) is 0 Å². The van der Waals surface area contributed by atoms with E-state index in [1.165, 1.54) is 0 Å². The minimum absolute atomic E-state index is 2.16. The molecule has 0 saturated carbocycles. The van der Waals surface area contributed by atoms with Crippen molar-refractivity contribution in [3.05, 3.63) is 0 Å². The molecule has 6 heavy (non-hydrogen) atoms. The van der Waals surface area contributed by atoms with Crippen LogP contribution in [0.25, 0.3) is 0 Å². The van der Waals surface area contributed by atoms with Crippen LogP contribution in [0.2, 0.25) is 0 Å². The van der Waals surface area contributed by atoms with E-state index in [0.717, 1.165) is 0 Å². The summed E-state index contributed by atoms with van der Waals surface area (Å²) in [5.41, 5.74) is 0. The molecule has 0 radical (unpaired) electrons. The predicted molar refractivity (Wildman–Crippen MR) is 22.6 cm³/mol. The summed E-state index contributed by atoms with van der Waals surface area (Å²) in [4.78, 5) is 0. The number of nitrogens with two attached hydrogens (primary N) is 1. The average molecular weight is 129 g/mol. The molecule has 4 nitrogen and oxygen atoms in total. The molecule has 1 atom stereocenters. The maximum atomic E-state index is 9.44. The van der Waals surface area contributed by atoms with Gasteiger partial charge in [-0.3, -0.25) is 0 Å². The van der Waals surface area contributed by atoms with Gasteiger partial charge in [0.2, 0.25) is 0 Å². The summed E-state index contributed by atoms with van der Waals surface area (Å²) in [5, 5.41) is 4.31. The summed E-state index contributed by atoms with van der Waals surface area (Å²) in [6.07, 6.45) is 0. The third kappa shape index (κ3) is 2.46. The molecule has 0 aromatic carbocycles. The van der Waals surface area contributed by atoms with Gasteiger partial charge >= 0.3 is 9.74 Å². The molecule has 0 aromatic rings. The van der Waals surface area contributed by atoms with Crippen LogP contribution in [0.4, 0.5) is 0 Å². The van der Waals surface area contributed by atoms with Gasteiger partial charge in [0.05, 0.1) is 0 Å². The van der Waals surface area contributed by atoms with E-state index in [0.29, 0.717) is 0 Å². The molecule has 0 amide bonds. The van der Waals surface area contributed by atoms with Gasteiger partial charge in [-0.25, -0.2) is 0 Å². The number of hydrogen-bond acceptors (Lipinski definition) is 4. The van der Waals surface area contributed by atoms with E-state index >= 15 is 0 Å². The summed E-state index contributed by atoms with van der Waals surface area (Å²) in [7, 11) is -5.07. The number of rotatable bonds is 1. The summed E-state index contributed by atoms with van der Waals surface area (Å²) >= 11 is 0. The van der Waals surface area contributed by atoms with E-state index < -0.39 is 20.1 Å². The van der Waals surface area contributed by atoms with E-state index in [2.05, 4.69) is 5.14 Å². The molecule has 6 heteroatoms. The van der Waals surface area contributed by atoms with Crippen molar-refractivity contribution in [1.82, 2.24) is 0 Å². The van der Waals surface area contributed by atoms with Crippen molar-refractivity contribution >= 4 is 20.1 Å². The Bertz CT molecular complexity index is 85.0. The lowest BCUT2D eigenvalue weighted by molar-refractivity contribution is 0.593. The highest BCUT2D eigenvalue weighted by Crippen LogP contribution is 1.69. The molecule has 0 rings (SSSR count). The van der Waals surface area contributed by atoms with Crippen LogP contribution in [0.15, 0.2) is 0 Å². The topological polar surface area (TPSA) is 83.2 Å². The van der Waals surface area contributed by atoms with Crippen LogP contribution in [0, 0.1) is 0 Å². The normalized spacial score (nSPS) is 15.2. The van der Waals surface area contributed by atoms with Crippen molar-refractivity contribution in [1.29, 1.82) is 0 Å². The second-order valence-electron chi connectivity index (χ2n) is 0.500. The molecule has 0 spiro atoms. The second-order valence-corrected chi connectivity index (χ2v) is 3.47. The van der Waals surface area contributed by atoms with Gasteiger partial charge in [-0.2, -0.15) is 8.42 Å². The first-order valence-electron chi connectivity index (χ1n) is 0.950. The van der Waals surface area contributed by atoms with Crippen LogP contribution in [0.5, 0.6) is 0 Å². The Kier molecular flexibility index (Phi) is 2.49. The molecule has 1 unspecified atom stereocenters. The summed E-state index contributed by atoms with van der Waals surface area (Å²) in [6, 6.07) is 0. The van der Waals surface area contributed by atoms with Crippen molar-refractivity contribution in [3.8, 4) is 0 Å². The lowest BCUT2D eigenvalue weighted by atomic mass is 14.0. The van der Waals surface area contributed by atoms with Crippen LogP contribution in [0.3, 0.4) is 0 Å². The minimum Gasteiger partial charge on any atom is -0.583 e. The molecule has 0 saturated heterocycles. The highest BCUT2D eigenvalue weighted by atomic mass is 33.2. The molecule has 0 aromatic heterocycles. The fraction of sp³-hybridized carbons (Fsp3) is 0. The van der Waals surface area contributed by atoms with Gasteiger partial charge in [-0.05, 0) is 0 Å². The molecule has 0 aliphatic carbocycles. The molecular formula is H3NO3S2. The maximum absolute atomic E-state index is 9.44. The molecule has 2 N–H and O–H groups in total. The van der Waals surface area contributed by atoms with E-state index in [9.17, 15) is 13.0 Å². The monoisotopic (exact) mass is 129 g/mol. The van der Waals surface area contributed by atoms with Gasteiger partial charge in [0.15, 0.2) is 10.4 Å². The Morgan fingerprint density at radius 2 is 1.83 bits per heavy atom. The Morgan fingerprint density at radius 1 is 1.67 bits per heavy atom. The van der Waals surface area contributed by atoms with E-state index in [4.69, 9.17) is 0 Å². The first-order chi connectivity index (χ1) is 2.64. The Balaban J connectivity index is 3.57. The summed E-state index contributed by atoms with van der Waals surface area (Å²) in [5.74, 6) is 0. The van der Waals surface area contributed by atoms with Crippen LogP contribution in [-0.4, -0.2) is 13.0 Å². The summed E-state index contributed by atoms with van der Waals surface area (Å²) < 4.78 is 28.1. The largest absolute Gasteiger partial charge is 0.583 e. The van der Waals surface area contributed by atoms with Gasteiger partial charge in [0.1, 0.15) is 0 Å². The average Bonchev–Trinajstić information content (AvgIpc) is 1.36. The van der Waals surface area contributed by atoms with Crippen LogP contribution in [0.1, 0.15) is 0 Å². The Morgan fingerprint density at radius 3 is 1.83 bits per heavy atom. The van der Waals surface area contributed by atoms with E-state index in [1.54, 1.807) is 0 Å². The summed E-state index contributed by atoms with van der Waals surface area (Å²) in [6.45, 7) is 0. The second kappa shape index (κ2) is 2.40. The molecule has 38 valence electrons. The van der Waals surface area contributed by atoms with Gasteiger partial charge in [-0.15, -0.1) is 5.14 Å². The Hall–Kier alpha value is 0.220. The van der Waals surface area contributed by atoms with Crippen molar-refractivity contribution < 1.29 is 13.0 Å². The van der Waals surface area contributed by atoms with Crippen molar-refractivity contribution in [2.75, 3.05) is 0 Å². The first-order valence-corrected chi connectivity index (χ1v) is 3.95. The molecule has 0 heterocycles. The van der Waals surface area contributed by atoms with Gasteiger partial charge in [0.25, 0.3) is 0 Å². The molecule has 0 aliphatic heterocycles. The lowest BCUT2D eigenvalue weighted by Gasteiger charge is -1.85. The number of hydrogen-bond donors (Lipinski definition) is 2. The molecule has 0 fully saturated rings. The fourth-order valence-corrected chi connectivity index (χ4v) is 0. The molecular weight excluding hydrogens is 126 g/mol. The molecule has 0 bridgehead atoms. The lowest BCUT2D eigenvalue weighted by Crippen LogP contribution is -2.12. The zero-order chi connectivity index (χ0) is 5.15. The van der Waals surface area contributed by atoms with E-state index in [-0.39, 0.29) is 0 Å². The maximum Gasteiger partial charge on any atom is 0.322 e. The van der Waals surface area contributed by atoms with E-state index in [1.807, 2.05) is 0 Å². The van der Waals surface area contributed by atoms with Crippen molar-refractivity contribution in [2.45, 2.75) is 0 Å². The minimum atomic E-state index is -2.91. The van der Waals surface area contributed by atoms with Crippen molar-refractivity contribution in [2.24, 2.45) is 5.14 Å². The highest BCUT2D eigenvalue weighted by Gasteiger charge is 1.93. The van der Waals surface area contributed by atoms with Gasteiger partial charge in [0, 0.05) is 0 Å².